The van der Waals surface area contributed by atoms with Crippen molar-refractivity contribution >= 4 is 11.0 Å². The second-order valence-electron chi connectivity index (χ2n) is 6.84. The van der Waals surface area contributed by atoms with Gasteiger partial charge in [-0.1, -0.05) is 72.8 Å². The molecule has 1 unspecified atom stereocenters. The molecule has 0 saturated heterocycles. The molecule has 27 heavy (non-hydrogen) atoms. The zero-order valence-electron chi connectivity index (χ0n) is 15.1. The Labute approximate surface area is 158 Å². The number of aliphatic hydroxyl groups is 1. The largest absolute Gasteiger partial charge is 0.391 e. The molecule has 4 nitrogen and oxygen atoms in total. The highest BCUT2D eigenvalue weighted by Gasteiger charge is 2.14. The summed E-state index contributed by atoms with van der Waals surface area (Å²) in [5, 5.41) is 19.3. The van der Waals surface area contributed by atoms with Crippen LogP contribution >= 0.6 is 0 Å². The van der Waals surface area contributed by atoms with E-state index in [0.29, 0.717) is 25.1 Å². The lowest BCUT2D eigenvalue weighted by Crippen LogP contribution is -2.30. The van der Waals surface area contributed by atoms with Gasteiger partial charge in [0.15, 0.2) is 0 Å². The molecule has 0 radical (unpaired) electrons. The lowest BCUT2D eigenvalue weighted by atomic mass is 10.1. The first-order chi connectivity index (χ1) is 13.2. The number of aliphatic hydroxyl groups excluding tert-OH is 1. The first-order valence-corrected chi connectivity index (χ1v) is 9.21. The zero-order valence-corrected chi connectivity index (χ0v) is 15.1. The smallest absolute Gasteiger partial charge is 0.203 e. The number of aromatic nitrogens is 2. The summed E-state index contributed by atoms with van der Waals surface area (Å²) in [6, 6.07) is 28.2. The molecule has 3 aromatic carbocycles. The van der Waals surface area contributed by atoms with E-state index in [-0.39, 0.29) is 0 Å². The van der Waals surface area contributed by atoms with Gasteiger partial charge in [0, 0.05) is 6.42 Å². The van der Waals surface area contributed by atoms with Crippen LogP contribution in [0.25, 0.3) is 11.0 Å². The minimum atomic E-state index is -0.544. The Morgan fingerprint density at radius 2 is 1.22 bits per heavy atom. The summed E-state index contributed by atoms with van der Waals surface area (Å²) in [6.07, 6.45) is 0.0309. The normalized spacial score (nSPS) is 12.3. The third kappa shape index (κ3) is 3.71. The van der Waals surface area contributed by atoms with Crippen molar-refractivity contribution in [1.82, 2.24) is 9.13 Å². The number of nitrogens with one attached hydrogen (secondary N) is 1. The maximum atomic E-state index is 10.6. The minimum absolute atomic E-state index is 0.399. The van der Waals surface area contributed by atoms with E-state index in [1.165, 1.54) is 0 Å². The predicted octanol–water partition coefficient (Wildman–Crippen LogP) is 3.57. The third-order valence-corrected chi connectivity index (χ3v) is 4.87. The van der Waals surface area contributed by atoms with Gasteiger partial charge in [0.2, 0.25) is 5.62 Å². The van der Waals surface area contributed by atoms with Crippen LogP contribution in [0.1, 0.15) is 11.1 Å². The second-order valence-corrected chi connectivity index (χ2v) is 6.84. The van der Waals surface area contributed by atoms with E-state index in [0.717, 1.165) is 22.2 Å². The van der Waals surface area contributed by atoms with Crippen LogP contribution in [0.15, 0.2) is 84.9 Å². The topological polar surface area (TPSA) is 53.9 Å². The number of nitrogens with zero attached hydrogens (tertiary/aromatic N) is 2. The highest BCUT2D eigenvalue weighted by atomic mass is 16.3. The van der Waals surface area contributed by atoms with E-state index in [2.05, 4.69) is 12.1 Å². The van der Waals surface area contributed by atoms with E-state index < -0.39 is 6.10 Å². The molecule has 0 spiro atoms. The van der Waals surface area contributed by atoms with Gasteiger partial charge in [-0.3, -0.25) is 5.41 Å². The number of imidazole rings is 1. The molecule has 4 heteroatoms. The van der Waals surface area contributed by atoms with E-state index >= 15 is 0 Å². The number of para-hydroxylation sites is 2. The van der Waals surface area contributed by atoms with Crippen molar-refractivity contribution in [3.63, 3.8) is 0 Å². The van der Waals surface area contributed by atoms with Crippen molar-refractivity contribution in [2.24, 2.45) is 0 Å². The van der Waals surface area contributed by atoms with Gasteiger partial charge in [0.25, 0.3) is 0 Å². The Bertz CT molecular complexity index is 1080. The van der Waals surface area contributed by atoms with Gasteiger partial charge in [-0.05, 0) is 23.3 Å². The van der Waals surface area contributed by atoms with Crippen LogP contribution in [-0.2, 0) is 19.5 Å². The van der Waals surface area contributed by atoms with Crippen molar-refractivity contribution < 1.29 is 5.11 Å². The summed E-state index contributed by atoms with van der Waals surface area (Å²) in [7, 11) is 0. The summed E-state index contributed by atoms with van der Waals surface area (Å²) in [6.45, 7) is 1.04. The van der Waals surface area contributed by atoms with Crippen molar-refractivity contribution in [3.05, 3.63) is 102 Å². The number of fused-ring (bicyclic) bond motifs is 1. The predicted molar refractivity (Wildman–Crippen MR) is 107 cm³/mol. The minimum Gasteiger partial charge on any atom is -0.391 e. The van der Waals surface area contributed by atoms with Crippen molar-refractivity contribution in [3.8, 4) is 0 Å². The van der Waals surface area contributed by atoms with Crippen molar-refractivity contribution in [2.45, 2.75) is 25.6 Å². The Balaban J connectivity index is 1.66. The van der Waals surface area contributed by atoms with Gasteiger partial charge in [0.05, 0.1) is 30.2 Å². The summed E-state index contributed by atoms with van der Waals surface area (Å²) in [4.78, 5) is 0. The molecule has 0 aliphatic heterocycles. The fourth-order valence-electron chi connectivity index (χ4n) is 3.57. The molecule has 1 aromatic heterocycles. The third-order valence-electron chi connectivity index (χ3n) is 4.87. The maximum absolute atomic E-state index is 10.6. The molecule has 0 saturated carbocycles. The van der Waals surface area contributed by atoms with E-state index in [9.17, 15) is 5.11 Å². The standard InChI is InChI=1S/C23H23N3O/c24-23-25(16-19-11-5-2-6-12-19)21-13-7-8-14-22(21)26(23)17-20(27)15-18-9-3-1-4-10-18/h1-14,20,24,27H,15-17H2. The molecule has 4 aromatic rings. The van der Waals surface area contributed by atoms with Crippen LogP contribution in [-0.4, -0.2) is 20.3 Å². The molecule has 2 N–H and O–H groups in total. The van der Waals surface area contributed by atoms with Gasteiger partial charge in [-0.2, -0.15) is 0 Å². The maximum Gasteiger partial charge on any atom is 0.203 e. The van der Waals surface area contributed by atoms with Gasteiger partial charge >= 0.3 is 0 Å². The fourth-order valence-corrected chi connectivity index (χ4v) is 3.57. The number of hydrogen-bond donors (Lipinski definition) is 2. The molecule has 0 aliphatic carbocycles. The molecule has 0 fully saturated rings. The molecular weight excluding hydrogens is 334 g/mol. The Morgan fingerprint density at radius 3 is 1.85 bits per heavy atom. The van der Waals surface area contributed by atoms with Gasteiger partial charge < -0.3 is 14.2 Å². The second kappa shape index (κ2) is 7.64. The SMILES string of the molecule is N=c1n(Cc2ccccc2)c2ccccc2n1CC(O)Cc1ccccc1. The molecular formula is C23H23N3O. The summed E-state index contributed by atoms with van der Waals surface area (Å²) in [5.41, 5.74) is 4.66. The molecule has 0 amide bonds. The summed E-state index contributed by atoms with van der Waals surface area (Å²) in [5.74, 6) is 0. The first kappa shape index (κ1) is 17.3. The van der Waals surface area contributed by atoms with Crippen molar-refractivity contribution in [1.29, 1.82) is 5.41 Å². The van der Waals surface area contributed by atoms with Gasteiger partial charge in [0.1, 0.15) is 0 Å². The van der Waals surface area contributed by atoms with Gasteiger partial charge in [-0.15, -0.1) is 0 Å². The summed E-state index contributed by atoms with van der Waals surface area (Å²) >= 11 is 0. The van der Waals surface area contributed by atoms with Gasteiger partial charge in [-0.25, -0.2) is 0 Å². The van der Waals surface area contributed by atoms with Crippen LogP contribution in [0.3, 0.4) is 0 Å². The van der Waals surface area contributed by atoms with Crippen LogP contribution in [0.2, 0.25) is 0 Å². The monoisotopic (exact) mass is 357 g/mol. The lowest BCUT2D eigenvalue weighted by Gasteiger charge is -2.12. The first-order valence-electron chi connectivity index (χ1n) is 9.21. The molecule has 4 rings (SSSR count). The number of benzene rings is 3. The average molecular weight is 357 g/mol. The number of hydrogen-bond acceptors (Lipinski definition) is 2. The number of rotatable bonds is 6. The fraction of sp³-hybridized carbons (Fsp3) is 0.174. The lowest BCUT2D eigenvalue weighted by molar-refractivity contribution is 0.153. The molecule has 136 valence electrons. The molecule has 1 atom stereocenters. The highest BCUT2D eigenvalue weighted by molar-refractivity contribution is 5.76. The van der Waals surface area contributed by atoms with Crippen molar-refractivity contribution in [2.75, 3.05) is 0 Å². The zero-order chi connectivity index (χ0) is 18.6. The van der Waals surface area contributed by atoms with Crippen LogP contribution in [0.5, 0.6) is 0 Å². The van der Waals surface area contributed by atoms with Crippen LogP contribution < -0.4 is 5.62 Å². The molecule has 0 aliphatic rings. The average Bonchev–Trinajstić information content (AvgIpc) is 2.95. The molecule has 1 heterocycles. The van der Waals surface area contributed by atoms with Crippen LogP contribution in [0.4, 0.5) is 0 Å². The van der Waals surface area contributed by atoms with E-state index in [4.69, 9.17) is 5.41 Å². The Morgan fingerprint density at radius 1 is 0.704 bits per heavy atom. The Kier molecular flexibility index (Phi) is 4.90. The van der Waals surface area contributed by atoms with E-state index in [1.54, 1.807) is 0 Å². The highest BCUT2D eigenvalue weighted by Crippen LogP contribution is 2.16. The summed E-state index contributed by atoms with van der Waals surface area (Å²) < 4.78 is 3.91. The quantitative estimate of drug-likeness (QED) is 0.544. The Hall–Kier alpha value is -3.11. The van der Waals surface area contributed by atoms with E-state index in [1.807, 2.05) is 81.9 Å². The van der Waals surface area contributed by atoms with Crippen LogP contribution in [0, 0.1) is 5.41 Å². The molecule has 0 bridgehead atoms.